The molecule has 1 heterocycles. The van der Waals surface area contributed by atoms with Crippen molar-refractivity contribution in [3.8, 4) is 5.75 Å². The van der Waals surface area contributed by atoms with Gasteiger partial charge in [0.1, 0.15) is 11.6 Å². The molecule has 132 valence electrons. The Kier molecular flexibility index (Phi) is 5.71. The molecule has 0 radical (unpaired) electrons. The minimum Gasteiger partial charge on any atom is -0.493 e. The molecule has 4 nitrogen and oxygen atoms in total. The number of hydrogen-bond donors (Lipinski definition) is 1. The summed E-state index contributed by atoms with van der Waals surface area (Å²) in [5.41, 5.74) is 4.51. The molecule has 4 heteroatoms. The van der Waals surface area contributed by atoms with Crippen molar-refractivity contribution in [3.63, 3.8) is 0 Å². The molecule has 0 aliphatic rings. The number of benzene rings is 2. The molecule has 3 rings (SSSR count). The van der Waals surface area contributed by atoms with Gasteiger partial charge in [-0.1, -0.05) is 30.3 Å². The van der Waals surface area contributed by atoms with Crippen LogP contribution in [0.1, 0.15) is 29.8 Å². The number of aliphatic hydroxyl groups is 1. The van der Waals surface area contributed by atoms with Gasteiger partial charge in [0.25, 0.3) is 0 Å². The molecule has 0 unspecified atom stereocenters. The lowest BCUT2D eigenvalue weighted by Gasteiger charge is -2.12. The first-order chi connectivity index (χ1) is 12.2. The molecule has 0 saturated carbocycles. The summed E-state index contributed by atoms with van der Waals surface area (Å²) in [4.78, 5) is 4.64. The average Bonchev–Trinajstić information content (AvgIpc) is 2.95. The minimum absolute atomic E-state index is 0.124. The highest BCUT2D eigenvalue weighted by Crippen LogP contribution is 2.23. The van der Waals surface area contributed by atoms with E-state index in [9.17, 15) is 5.11 Å². The lowest BCUT2D eigenvalue weighted by Crippen LogP contribution is -2.08. The van der Waals surface area contributed by atoms with Crippen LogP contribution in [0.2, 0.25) is 0 Å². The van der Waals surface area contributed by atoms with Crippen LogP contribution in [0.25, 0.3) is 11.0 Å². The maximum Gasteiger partial charge on any atom is 0.125 e. The molecule has 0 aliphatic heterocycles. The molecular formula is C21H26N2O2. The van der Waals surface area contributed by atoms with Crippen molar-refractivity contribution in [2.45, 2.75) is 39.7 Å². The zero-order valence-corrected chi connectivity index (χ0v) is 15.0. The normalized spacial score (nSPS) is 11.2. The van der Waals surface area contributed by atoms with E-state index in [0.717, 1.165) is 42.0 Å². The largest absolute Gasteiger partial charge is 0.493 e. The van der Waals surface area contributed by atoms with Crippen LogP contribution in [0.4, 0.5) is 0 Å². The Bertz CT molecular complexity index is 819. The molecule has 1 aromatic heterocycles. The fraction of sp³-hybridized carbons (Fsp3) is 0.381. The Morgan fingerprint density at radius 3 is 2.52 bits per heavy atom. The van der Waals surface area contributed by atoms with Gasteiger partial charge in [-0.2, -0.15) is 0 Å². The van der Waals surface area contributed by atoms with Gasteiger partial charge in [-0.05, 0) is 49.9 Å². The van der Waals surface area contributed by atoms with Crippen molar-refractivity contribution in [1.82, 2.24) is 9.55 Å². The summed E-state index contributed by atoms with van der Waals surface area (Å²) in [5, 5.41) is 9.28. The second kappa shape index (κ2) is 8.17. The van der Waals surface area contributed by atoms with Crippen molar-refractivity contribution >= 4 is 11.0 Å². The second-order valence-corrected chi connectivity index (χ2v) is 6.42. The summed E-state index contributed by atoms with van der Waals surface area (Å²) in [5.74, 6) is 1.97. The van der Waals surface area contributed by atoms with Gasteiger partial charge in [0, 0.05) is 13.0 Å². The van der Waals surface area contributed by atoms with E-state index in [1.54, 1.807) is 0 Å². The number of imidazole rings is 1. The molecule has 0 amide bonds. The van der Waals surface area contributed by atoms with Crippen LogP contribution in [0.3, 0.4) is 0 Å². The SMILES string of the molecule is Cc1cccc(C)c1OCCCCn1c(CCO)nc2ccccc21. The highest BCUT2D eigenvalue weighted by atomic mass is 16.5. The maximum absolute atomic E-state index is 9.28. The molecule has 0 spiro atoms. The fourth-order valence-corrected chi connectivity index (χ4v) is 3.24. The first kappa shape index (κ1) is 17.5. The summed E-state index contributed by atoms with van der Waals surface area (Å²) in [6.07, 6.45) is 2.59. The lowest BCUT2D eigenvalue weighted by molar-refractivity contribution is 0.291. The number of aryl methyl sites for hydroxylation is 3. The van der Waals surface area contributed by atoms with Gasteiger partial charge in [0.2, 0.25) is 0 Å². The van der Waals surface area contributed by atoms with E-state index in [-0.39, 0.29) is 6.61 Å². The Hall–Kier alpha value is -2.33. The number of aromatic nitrogens is 2. The zero-order valence-electron chi connectivity index (χ0n) is 15.0. The molecule has 25 heavy (non-hydrogen) atoms. The number of ether oxygens (including phenoxy) is 1. The summed E-state index contributed by atoms with van der Waals surface area (Å²) in [6.45, 7) is 5.90. The quantitative estimate of drug-likeness (QED) is 0.630. The van der Waals surface area contributed by atoms with Gasteiger partial charge in [0.15, 0.2) is 0 Å². The molecule has 0 saturated heterocycles. The number of nitrogens with zero attached hydrogens (tertiary/aromatic N) is 2. The Balaban J connectivity index is 1.59. The number of aliphatic hydroxyl groups excluding tert-OH is 1. The van der Waals surface area contributed by atoms with E-state index in [0.29, 0.717) is 13.0 Å². The summed E-state index contributed by atoms with van der Waals surface area (Å²) in [6, 6.07) is 14.4. The van der Waals surface area contributed by atoms with Crippen molar-refractivity contribution < 1.29 is 9.84 Å². The van der Waals surface area contributed by atoms with Gasteiger partial charge in [0.05, 0.1) is 24.2 Å². The monoisotopic (exact) mass is 338 g/mol. The zero-order chi connectivity index (χ0) is 17.6. The third-order valence-electron chi connectivity index (χ3n) is 4.50. The van der Waals surface area contributed by atoms with E-state index in [4.69, 9.17) is 4.74 Å². The second-order valence-electron chi connectivity index (χ2n) is 6.42. The van der Waals surface area contributed by atoms with Crippen LogP contribution >= 0.6 is 0 Å². The molecule has 0 atom stereocenters. The van der Waals surface area contributed by atoms with Crippen LogP contribution in [0, 0.1) is 13.8 Å². The molecule has 1 N–H and O–H groups in total. The minimum atomic E-state index is 0.124. The summed E-state index contributed by atoms with van der Waals surface area (Å²) in [7, 11) is 0. The maximum atomic E-state index is 9.28. The van der Waals surface area contributed by atoms with Gasteiger partial charge in [-0.15, -0.1) is 0 Å². The van der Waals surface area contributed by atoms with Crippen molar-refractivity contribution in [2.75, 3.05) is 13.2 Å². The van der Waals surface area contributed by atoms with Crippen molar-refractivity contribution in [2.24, 2.45) is 0 Å². The van der Waals surface area contributed by atoms with E-state index in [2.05, 4.69) is 47.7 Å². The van der Waals surface area contributed by atoms with Gasteiger partial charge in [-0.3, -0.25) is 0 Å². The van der Waals surface area contributed by atoms with Crippen LogP contribution in [-0.4, -0.2) is 27.9 Å². The third kappa shape index (κ3) is 4.02. The molecule has 0 aliphatic carbocycles. The first-order valence-corrected chi connectivity index (χ1v) is 8.94. The smallest absolute Gasteiger partial charge is 0.125 e. The van der Waals surface area contributed by atoms with E-state index in [1.165, 1.54) is 11.1 Å². The number of fused-ring (bicyclic) bond motifs is 1. The predicted molar refractivity (Wildman–Crippen MR) is 101 cm³/mol. The van der Waals surface area contributed by atoms with E-state index >= 15 is 0 Å². The molecule has 2 aromatic carbocycles. The molecule has 0 fully saturated rings. The molecule has 3 aromatic rings. The van der Waals surface area contributed by atoms with Crippen molar-refractivity contribution in [3.05, 3.63) is 59.4 Å². The number of para-hydroxylation sites is 3. The Labute approximate surface area is 149 Å². The fourth-order valence-electron chi connectivity index (χ4n) is 3.24. The van der Waals surface area contributed by atoms with E-state index < -0.39 is 0 Å². The Morgan fingerprint density at radius 1 is 1.00 bits per heavy atom. The predicted octanol–water partition coefficient (Wildman–Crippen LogP) is 4.05. The third-order valence-corrected chi connectivity index (χ3v) is 4.50. The number of hydrogen-bond acceptors (Lipinski definition) is 3. The van der Waals surface area contributed by atoms with Gasteiger partial charge >= 0.3 is 0 Å². The van der Waals surface area contributed by atoms with E-state index in [1.807, 2.05) is 18.2 Å². The van der Waals surface area contributed by atoms with Crippen molar-refractivity contribution in [1.29, 1.82) is 0 Å². The molecule has 0 bridgehead atoms. The standard InChI is InChI=1S/C21H26N2O2/c1-16-8-7-9-17(2)21(16)25-15-6-5-13-23-19-11-4-3-10-18(19)22-20(23)12-14-24/h3-4,7-11,24H,5-6,12-15H2,1-2H3. The average molecular weight is 338 g/mol. The Morgan fingerprint density at radius 2 is 1.76 bits per heavy atom. The van der Waals surface area contributed by atoms with Crippen LogP contribution in [0.15, 0.2) is 42.5 Å². The summed E-state index contributed by atoms with van der Waals surface area (Å²) >= 11 is 0. The highest BCUT2D eigenvalue weighted by molar-refractivity contribution is 5.75. The van der Waals surface area contributed by atoms with Crippen LogP contribution < -0.4 is 4.74 Å². The van der Waals surface area contributed by atoms with Gasteiger partial charge in [-0.25, -0.2) is 4.98 Å². The highest BCUT2D eigenvalue weighted by Gasteiger charge is 2.09. The van der Waals surface area contributed by atoms with Gasteiger partial charge < -0.3 is 14.4 Å². The topological polar surface area (TPSA) is 47.3 Å². The molecular weight excluding hydrogens is 312 g/mol. The van der Waals surface area contributed by atoms with Crippen LogP contribution in [0.5, 0.6) is 5.75 Å². The number of rotatable bonds is 8. The van der Waals surface area contributed by atoms with Crippen LogP contribution in [-0.2, 0) is 13.0 Å². The number of unbranched alkanes of at least 4 members (excludes halogenated alkanes) is 1. The summed E-state index contributed by atoms with van der Waals surface area (Å²) < 4.78 is 8.21. The first-order valence-electron chi connectivity index (χ1n) is 8.94. The lowest BCUT2D eigenvalue weighted by atomic mass is 10.1.